The highest BCUT2D eigenvalue weighted by Crippen LogP contribution is 2.37. The summed E-state index contributed by atoms with van der Waals surface area (Å²) in [6, 6.07) is 6.26. The molecule has 0 aliphatic heterocycles. The van der Waals surface area contributed by atoms with Crippen LogP contribution >= 0.6 is 0 Å². The molecule has 3 rings (SSSR count). The summed E-state index contributed by atoms with van der Waals surface area (Å²) in [6.45, 7) is 7.48. The summed E-state index contributed by atoms with van der Waals surface area (Å²) in [5.74, 6) is 1.70. The second kappa shape index (κ2) is 8.73. The van der Waals surface area contributed by atoms with Crippen LogP contribution in [0.5, 0.6) is 5.75 Å². The van der Waals surface area contributed by atoms with Crippen molar-refractivity contribution in [3.63, 3.8) is 0 Å². The molecule has 7 heteroatoms. The van der Waals surface area contributed by atoms with E-state index < -0.39 is 0 Å². The Kier molecular flexibility index (Phi) is 6.13. The number of nitrogens with zero attached hydrogens (tertiary/aromatic N) is 4. The van der Waals surface area contributed by atoms with Crippen LogP contribution in [0.2, 0.25) is 0 Å². The van der Waals surface area contributed by atoms with Crippen LogP contribution in [0.3, 0.4) is 0 Å². The third-order valence-electron chi connectivity index (χ3n) is 4.60. The van der Waals surface area contributed by atoms with Gasteiger partial charge in [0.15, 0.2) is 5.65 Å². The molecular weight excluding hydrogens is 342 g/mol. The molecule has 0 bridgehead atoms. The number of benzene rings is 1. The number of ether oxygens (including phenoxy) is 2. The minimum Gasteiger partial charge on any atom is -0.496 e. The molecule has 1 N–H and O–H groups in total. The Hall–Kier alpha value is -2.80. The maximum Gasteiger partial charge on any atom is 0.157 e. The van der Waals surface area contributed by atoms with Crippen molar-refractivity contribution in [1.82, 2.24) is 14.4 Å². The van der Waals surface area contributed by atoms with Crippen molar-refractivity contribution in [2.75, 3.05) is 50.7 Å². The lowest BCUT2D eigenvalue weighted by molar-refractivity contribution is 0.210. The first kappa shape index (κ1) is 19.0. The number of hydrogen-bond donors (Lipinski definition) is 1. The van der Waals surface area contributed by atoms with Crippen molar-refractivity contribution in [2.24, 2.45) is 0 Å². The first-order chi connectivity index (χ1) is 13.2. The lowest BCUT2D eigenvalue weighted by Gasteiger charge is -2.22. The van der Waals surface area contributed by atoms with Crippen molar-refractivity contribution in [3.8, 4) is 17.0 Å². The Morgan fingerprint density at radius 3 is 2.70 bits per heavy atom. The van der Waals surface area contributed by atoms with Gasteiger partial charge in [0.05, 0.1) is 19.9 Å². The van der Waals surface area contributed by atoms with Crippen molar-refractivity contribution < 1.29 is 9.47 Å². The lowest BCUT2D eigenvalue weighted by atomic mass is 10.1. The van der Waals surface area contributed by atoms with E-state index in [1.165, 1.54) is 0 Å². The maximum atomic E-state index is 5.71. The van der Waals surface area contributed by atoms with E-state index >= 15 is 0 Å². The standard InChI is InChI=1S/C20H27N5O2/c1-5-24(6-2)15-7-8-16(17(13-15)27-4)19-20(22-10-12-26-3)25-11-9-21-14-18(25)23-19/h7-9,11,13-14,22H,5-6,10,12H2,1-4H3. The van der Waals surface area contributed by atoms with E-state index in [1.807, 2.05) is 10.6 Å². The molecule has 0 amide bonds. The molecule has 1 aromatic carbocycles. The second-order valence-electron chi connectivity index (χ2n) is 6.09. The quantitative estimate of drug-likeness (QED) is 0.584. The van der Waals surface area contributed by atoms with Crippen LogP contribution in [0.15, 0.2) is 36.8 Å². The number of aromatic nitrogens is 3. The molecule has 0 atom stereocenters. The predicted octanol–water partition coefficient (Wildman–Crippen LogP) is 3.31. The summed E-state index contributed by atoms with van der Waals surface area (Å²) in [5, 5.41) is 3.43. The number of imidazole rings is 1. The van der Waals surface area contributed by atoms with Gasteiger partial charge in [-0.2, -0.15) is 0 Å². The Bertz CT molecular complexity index is 889. The third kappa shape index (κ3) is 3.83. The van der Waals surface area contributed by atoms with E-state index in [-0.39, 0.29) is 0 Å². The van der Waals surface area contributed by atoms with E-state index in [9.17, 15) is 0 Å². The van der Waals surface area contributed by atoms with E-state index in [0.29, 0.717) is 13.2 Å². The lowest BCUT2D eigenvalue weighted by Crippen LogP contribution is -2.21. The monoisotopic (exact) mass is 369 g/mol. The number of hydrogen-bond acceptors (Lipinski definition) is 6. The zero-order valence-electron chi connectivity index (χ0n) is 16.4. The van der Waals surface area contributed by atoms with Gasteiger partial charge >= 0.3 is 0 Å². The fourth-order valence-corrected chi connectivity index (χ4v) is 3.20. The Morgan fingerprint density at radius 2 is 2.00 bits per heavy atom. The van der Waals surface area contributed by atoms with Crippen molar-refractivity contribution in [3.05, 3.63) is 36.8 Å². The number of methoxy groups -OCH3 is 2. The van der Waals surface area contributed by atoms with Crippen molar-refractivity contribution in [2.45, 2.75) is 13.8 Å². The fourth-order valence-electron chi connectivity index (χ4n) is 3.20. The normalized spacial score (nSPS) is 11.0. The van der Waals surface area contributed by atoms with Gasteiger partial charge in [-0.1, -0.05) is 0 Å². The molecule has 3 aromatic rings. The molecule has 0 radical (unpaired) electrons. The molecule has 2 heterocycles. The van der Waals surface area contributed by atoms with E-state index in [4.69, 9.17) is 14.5 Å². The van der Waals surface area contributed by atoms with Gasteiger partial charge in [-0.15, -0.1) is 0 Å². The van der Waals surface area contributed by atoms with Crippen LogP contribution in [-0.2, 0) is 4.74 Å². The molecule has 0 aliphatic rings. The molecule has 144 valence electrons. The van der Waals surface area contributed by atoms with Crippen LogP contribution < -0.4 is 15.0 Å². The zero-order valence-corrected chi connectivity index (χ0v) is 16.4. The molecule has 0 unspecified atom stereocenters. The predicted molar refractivity (Wildman–Crippen MR) is 109 cm³/mol. The molecule has 0 saturated carbocycles. The van der Waals surface area contributed by atoms with Crippen molar-refractivity contribution >= 4 is 17.2 Å². The molecule has 0 aliphatic carbocycles. The van der Waals surface area contributed by atoms with Gasteiger partial charge in [-0.05, 0) is 26.0 Å². The average molecular weight is 369 g/mol. The van der Waals surface area contributed by atoms with Crippen LogP contribution in [-0.4, -0.2) is 54.8 Å². The number of rotatable bonds is 9. The number of fused-ring (bicyclic) bond motifs is 1. The summed E-state index contributed by atoms with van der Waals surface area (Å²) in [7, 11) is 3.39. The summed E-state index contributed by atoms with van der Waals surface area (Å²) in [6.07, 6.45) is 5.40. The van der Waals surface area contributed by atoms with Gasteiger partial charge in [0.1, 0.15) is 17.3 Å². The van der Waals surface area contributed by atoms with Gasteiger partial charge in [-0.3, -0.25) is 9.38 Å². The van der Waals surface area contributed by atoms with Crippen LogP contribution in [0.1, 0.15) is 13.8 Å². The van der Waals surface area contributed by atoms with E-state index in [1.54, 1.807) is 26.6 Å². The van der Waals surface area contributed by atoms with Crippen LogP contribution in [0.4, 0.5) is 11.5 Å². The number of nitrogens with one attached hydrogen (secondary N) is 1. The third-order valence-corrected chi connectivity index (χ3v) is 4.60. The van der Waals surface area contributed by atoms with Gasteiger partial charge < -0.3 is 19.7 Å². The molecule has 2 aromatic heterocycles. The zero-order chi connectivity index (χ0) is 19.2. The highest BCUT2D eigenvalue weighted by atomic mass is 16.5. The SMILES string of the molecule is CCN(CC)c1ccc(-c2nc3cnccn3c2NCCOC)c(OC)c1. The Morgan fingerprint density at radius 1 is 1.19 bits per heavy atom. The molecule has 0 fully saturated rings. The molecule has 27 heavy (non-hydrogen) atoms. The molecular formula is C20H27N5O2. The Labute approximate surface area is 160 Å². The molecule has 0 spiro atoms. The van der Waals surface area contributed by atoms with Gasteiger partial charge in [0, 0.05) is 56.5 Å². The molecule has 7 nitrogen and oxygen atoms in total. The maximum absolute atomic E-state index is 5.71. The van der Waals surface area contributed by atoms with Gasteiger partial charge in [-0.25, -0.2) is 4.98 Å². The fraction of sp³-hybridized carbons (Fsp3) is 0.400. The van der Waals surface area contributed by atoms with Gasteiger partial charge in [0.2, 0.25) is 0 Å². The largest absolute Gasteiger partial charge is 0.496 e. The first-order valence-corrected chi connectivity index (χ1v) is 9.21. The number of anilines is 2. The Balaban J connectivity index is 2.09. The second-order valence-corrected chi connectivity index (χ2v) is 6.09. The van der Waals surface area contributed by atoms with E-state index in [0.717, 1.165) is 47.2 Å². The highest BCUT2D eigenvalue weighted by Gasteiger charge is 2.18. The molecule has 0 saturated heterocycles. The minimum absolute atomic E-state index is 0.607. The average Bonchev–Trinajstić information content (AvgIpc) is 3.07. The smallest absolute Gasteiger partial charge is 0.157 e. The summed E-state index contributed by atoms with van der Waals surface area (Å²) in [4.78, 5) is 11.3. The minimum atomic E-state index is 0.607. The highest BCUT2D eigenvalue weighted by molar-refractivity contribution is 5.81. The van der Waals surface area contributed by atoms with Crippen molar-refractivity contribution in [1.29, 1.82) is 0 Å². The summed E-state index contributed by atoms with van der Waals surface area (Å²) in [5.41, 5.74) is 3.70. The first-order valence-electron chi connectivity index (χ1n) is 9.21. The van der Waals surface area contributed by atoms with E-state index in [2.05, 4.69) is 47.2 Å². The van der Waals surface area contributed by atoms with Gasteiger partial charge in [0.25, 0.3) is 0 Å². The van der Waals surface area contributed by atoms with Crippen LogP contribution in [0, 0.1) is 0 Å². The topological polar surface area (TPSA) is 63.9 Å². The summed E-state index contributed by atoms with van der Waals surface area (Å²) >= 11 is 0. The summed E-state index contributed by atoms with van der Waals surface area (Å²) < 4.78 is 12.9. The van der Waals surface area contributed by atoms with Crippen LogP contribution in [0.25, 0.3) is 16.9 Å².